The number of benzene rings is 8. The van der Waals surface area contributed by atoms with Gasteiger partial charge in [0.1, 0.15) is 11.2 Å². The molecule has 0 aliphatic rings. The Bertz CT molecular complexity index is 3250. The Labute approximate surface area is 327 Å². The van der Waals surface area contributed by atoms with Crippen molar-refractivity contribution in [1.82, 2.24) is 9.97 Å². The number of hydrogen-bond acceptors (Lipinski definition) is 4. The molecule has 0 saturated carbocycles. The van der Waals surface area contributed by atoms with Gasteiger partial charge in [-0.1, -0.05) is 152 Å². The van der Waals surface area contributed by atoms with Gasteiger partial charge in [-0.25, -0.2) is 9.97 Å². The van der Waals surface area contributed by atoms with Gasteiger partial charge < -0.3 is 4.42 Å². The highest BCUT2D eigenvalue weighted by atomic mass is 32.1. The highest BCUT2D eigenvalue weighted by Gasteiger charge is 2.18. The molecule has 0 spiro atoms. The summed E-state index contributed by atoms with van der Waals surface area (Å²) in [4.78, 5) is 10.5. The number of nitrogens with zero attached hydrogens (tertiary/aromatic N) is 2. The number of hydrogen-bond donors (Lipinski definition) is 0. The van der Waals surface area contributed by atoms with Crippen LogP contribution in [0.3, 0.4) is 0 Å². The Morgan fingerprint density at radius 2 is 0.929 bits per heavy atom. The van der Waals surface area contributed by atoms with E-state index in [9.17, 15) is 0 Å². The van der Waals surface area contributed by atoms with Gasteiger partial charge in [0.25, 0.3) is 0 Å². The van der Waals surface area contributed by atoms with Crippen LogP contribution in [-0.4, -0.2) is 9.97 Å². The van der Waals surface area contributed by atoms with Gasteiger partial charge >= 0.3 is 0 Å². The van der Waals surface area contributed by atoms with Gasteiger partial charge in [0.05, 0.1) is 11.4 Å². The van der Waals surface area contributed by atoms with E-state index in [1.54, 1.807) is 0 Å². The van der Waals surface area contributed by atoms with E-state index in [4.69, 9.17) is 14.4 Å². The first-order valence-corrected chi connectivity index (χ1v) is 19.6. The molecule has 0 aliphatic heterocycles. The molecule has 0 aliphatic carbocycles. The van der Waals surface area contributed by atoms with E-state index >= 15 is 0 Å². The summed E-state index contributed by atoms with van der Waals surface area (Å²) >= 11 is 1.85. The highest BCUT2D eigenvalue weighted by Crippen LogP contribution is 2.42. The van der Waals surface area contributed by atoms with Gasteiger partial charge in [0.15, 0.2) is 5.82 Å². The van der Waals surface area contributed by atoms with E-state index in [1.165, 1.54) is 25.7 Å². The highest BCUT2D eigenvalue weighted by molar-refractivity contribution is 7.26. The molecule has 11 rings (SSSR count). The van der Waals surface area contributed by atoms with Crippen molar-refractivity contribution < 1.29 is 4.42 Å². The lowest BCUT2D eigenvalue weighted by Crippen LogP contribution is -1.97. The first-order valence-electron chi connectivity index (χ1n) is 18.8. The minimum absolute atomic E-state index is 0.682. The second-order valence-corrected chi connectivity index (χ2v) is 15.2. The normalized spacial score (nSPS) is 11.6. The summed E-state index contributed by atoms with van der Waals surface area (Å²) in [7, 11) is 0. The molecule has 0 bridgehead atoms. The van der Waals surface area contributed by atoms with Crippen LogP contribution in [0.2, 0.25) is 0 Å². The Kier molecular flexibility index (Phi) is 7.68. The molecule has 262 valence electrons. The number of fused-ring (bicyclic) bond motifs is 6. The minimum Gasteiger partial charge on any atom is -0.455 e. The van der Waals surface area contributed by atoms with Crippen LogP contribution in [0, 0.1) is 0 Å². The number of furan rings is 1. The summed E-state index contributed by atoms with van der Waals surface area (Å²) in [6, 6.07) is 68.5. The average molecular weight is 733 g/mol. The van der Waals surface area contributed by atoms with Gasteiger partial charge in [-0.05, 0) is 70.3 Å². The van der Waals surface area contributed by atoms with Crippen molar-refractivity contribution in [3.8, 4) is 67.3 Å². The standard InChI is InChI=1S/C52H32N2OS/c1-3-14-33(15-4-1)37-29-38(40-22-12-24-44-42-20-7-9-26-48(42)55-50(40)44)31-39(30-37)47-32-46(53-52(54-47)34-16-5-2-6-17-34)36-19-11-18-35(28-36)41-23-13-25-45-43-21-8-10-27-49(43)56-51(41)45/h1-32H. The lowest BCUT2D eigenvalue weighted by atomic mass is 9.93. The third-order valence-electron chi connectivity index (χ3n) is 10.7. The van der Waals surface area contributed by atoms with Crippen molar-refractivity contribution in [3.05, 3.63) is 194 Å². The van der Waals surface area contributed by atoms with Crippen LogP contribution < -0.4 is 0 Å². The summed E-state index contributed by atoms with van der Waals surface area (Å²) in [5.41, 5.74) is 13.2. The number of thiophene rings is 1. The Balaban J connectivity index is 1.11. The van der Waals surface area contributed by atoms with E-state index in [2.05, 4.69) is 164 Å². The van der Waals surface area contributed by atoms with Crippen molar-refractivity contribution >= 4 is 53.4 Å². The molecule has 56 heavy (non-hydrogen) atoms. The van der Waals surface area contributed by atoms with Crippen LogP contribution in [0.1, 0.15) is 0 Å². The molecule has 8 aromatic carbocycles. The summed E-state index contributed by atoms with van der Waals surface area (Å²) < 4.78 is 9.14. The zero-order valence-corrected chi connectivity index (χ0v) is 31.0. The maximum absolute atomic E-state index is 6.55. The number of aromatic nitrogens is 2. The topological polar surface area (TPSA) is 38.9 Å². The smallest absolute Gasteiger partial charge is 0.160 e. The van der Waals surface area contributed by atoms with Crippen molar-refractivity contribution in [2.45, 2.75) is 0 Å². The van der Waals surface area contributed by atoms with Crippen LogP contribution in [0.4, 0.5) is 0 Å². The number of rotatable bonds is 6. The molecular formula is C52H32N2OS. The Morgan fingerprint density at radius 3 is 1.77 bits per heavy atom. The van der Waals surface area contributed by atoms with Crippen LogP contribution >= 0.6 is 11.3 Å². The SMILES string of the molecule is c1ccc(-c2cc(-c3cc(-c4cccc(-c5cccc6c5sc5ccccc56)c4)nc(-c4ccccc4)n3)cc(-c3cccc4c3oc3ccccc34)c2)cc1. The fourth-order valence-corrected chi connectivity index (χ4v) is 9.22. The molecule has 0 unspecified atom stereocenters. The molecule has 0 amide bonds. The maximum atomic E-state index is 6.55. The van der Waals surface area contributed by atoms with Crippen LogP contribution in [0.15, 0.2) is 199 Å². The summed E-state index contributed by atoms with van der Waals surface area (Å²) in [6.45, 7) is 0. The molecule has 3 heterocycles. The monoisotopic (exact) mass is 732 g/mol. The van der Waals surface area contributed by atoms with Gasteiger partial charge in [-0.2, -0.15) is 0 Å². The maximum Gasteiger partial charge on any atom is 0.160 e. The summed E-state index contributed by atoms with van der Waals surface area (Å²) in [5.74, 6) is 0.682. The van der Waals surface area contributed by atoms with Gasteiger partial charge in [0.2, 0.25) is 0 Å². The first kappa shape index (κ1) is 32.3. The van der Waals surface area contributed by atoms with Crippen LogP contribution in [0.5, 0.6) is 0 Å². The van der Waals surface area contributed by atoms with Crippen molar-refractivity contribution in [3.63, 3.8) is 0 Å². The molecule has 0 fully saturated rings. The molecule has 11 aromatic rings. The van der Waals surface area contributed by atoms with E-state index in [-0.39, 0.29) is 0 Å². The fourth-order valence-electron chi connectivity index (χ4n) is 7.98. The predicted molar refractivity (Wildman–Crippen MR) is 235 cm³/mol. The van der Waals surface area contributed by atoms with E-state index in [0.29, 0.717) is 5.82 Å². The van der Waals surface area contributed by atoms with Crippen molar-refractivity contribution in [2.24, 2.45) is 0 Å². The molecule has 3 nitrogen and oxygen atoms in total. The predicted octanol–water partition coefficient (Wildman–Crippen LogP) is 14.7. The lowest BCUT2D eigenvalue weighted by molar-refractivity contribution is 0.670. The van der Waals surface area contributed by atoms with Crippen LogP contribution in [0.25, 0.3) is 109 Å². The first-order chi connectivity index (χ1) is 27.7. The molecule has 4 heteroatoms. The van der Waals surface area contributed by atoms with Gasteiger partial charge in [0, 0.05) is 53.2 Å². The zero-order valence-electron chi connectivity index (χ0n) is 30.2. The second-order valence-electron chi connectivity index (χ2n) is 14.1. The van der Waals surface area contributed by atoms with Gasteiger partial charge in [-0.3, -0.25) is 0 Å². The van der Waals surface area contributed by atoms with Crippen molar-refractivity contribution in [1.29, 1.82) is 0 Å². The molecule has 0 saturated heterocycles. The van der Waals surface area contributed by atoms with E-state index in [0.717, 1.165) is 77.8 Å². The largest absolute Gasteiger partial charge is 0.455 e. The summed E-state index contributed by atoms with van der Waals surface area (Å²) in [6.07, 6.45) is 0. The third kappa shape index (κ3) is 5.58. The fraction of sp³-hybridized carbons (Fsp3) is 0. The molecule has 0 atom stereocenters. The molecular weight excluding hydrogens is 701 g/mol. The zero-order chi connectivity index (χ0) is 37.0. The molecule has 0 N–H and O–H groups in total. The minimum atomic E-state index is 0.682. The lowest BCUT2D eigenvalue weighted by Gasteiger charge is -2.14. The quantitative estimate of drug-likeness (QED) is 0.171. The van der Waals surface area contributed by atoms with Crippen LogP contribution in [-0.2, 0) is 0 Å². The third-order valence-corrected chi connectivity index (χ3v) is 11.9. The Hall–Kier alpha value is -7.14. The average Bonchev–Trinajstić information content (AvgIpc) is 3.86. The van der Waals surface area contributed by atoms with Crippen molar-refractivity contribution in [2.75, 3.05) is 0 Å². The van der Waals surface area contributed by atoms with E-state index in [1.807, 2.05) is 41.7 Å². The number of para-hydroxylation sites is 2. The molecule has 0 radical (unpaired) electrons. The Morgan fingerprint density at radius 1 is 0.357 bits per heavy atom. The molecule has 3 aromatic heterocycles. The van der Waals surface area contributed by atoms with Gasteiger partial charge in [-0.15, -0.1) is 11.3 Å². The van der Waals surface area contributed by atoms with E-state index < -0.39 is 0 Å². The summed E-state index contributed by atoms with van der Waals surface area (Å²) in [5, 5.41) is 4.80. The second kappa shape index (κ2) is 13.3.